The third kappa shape index (κ3) is 7.58. The van der Waals surface area contributed by atoms with Crippen molar-refractivity contribution in [1.29, 1.82) is 0 Å². The molecule has 0 radical (unpaired) electrons. The molecule has 0 unspecified atom stereocenters. The van der Waals surface area contributed by atoms with Gasteiger partial charge in [-0.3, -0.25) is 0 Å². The first-order valence-corrected chi connectivity index (χ1v) is 14.8. The molecule has 0 heterocycles. The second-order valence-corrected chi connectivity index (χ2v) is 13.3. The summed E-state index contributed by atoms with van der Waals surface area (Å²) < 4.78 is 41.5. The van der Waals surface area contributed by atoms with E-state index in [2.05, 4.69) is 5.32 Å². The number of alkyl carbamates (subject to hydrolysis) is 1. The first-order chi connectivity index (χ1) is 17.0. The van der Waals surface area contributed by atoms with Crippen molar-refractivity contribution in [2.75, 3.05) is 12.5 Å². The summed E-state index contributed by atoms with van der Waals surface area (Å²) in [4.78, 5) is 25.1. The van der Waals surface area contributed by atoms with Crippen molar-refractivity contribution in [3.63, 3.8) is 0 Å². The first kappa shape index (κ1) is 27.3. The monoisotopic (exact) mass is 531 g/mol. The fourth-order valence-electron chi connectivity index (χ4n) is 3.05. The predicted octanol–water partition coefficient (Wildman–Crippen LogP) is 4.96. The zero-order valence-corrected chi connectivity index (χ0v) is 22.1. The van der Waals surface area contributed by atoms with Gasteiger partial charge in [0.2, 0.25) is 0 Å². The number of aryl methyl sites for hydroxylation is 1. The molecule has 3 aromatic rings. The molecule has 0 aromatic heterocycles. The van der Waals surface area contributed by atoms with Crippen LogP contribution in [0.25, 0.3) is 0 Å². The molecule has 3 aromatic carbocycles. The molecule has 8 nitrogen and oxygen atoms in total. The van der Waals surface area contributed by atoms with Crippen molar-refractivity contribution in [1.82, 2.24) is 5.32 Å². The minimum atomic E-state index is -3.96. The van der Waals surface area contributed by atoms with Crippen LogP contribution in [0.15, 0.2) is 88.7 Å². The number of benzene rings is 3. The highest BCUT2D eigenvalue weighted by atomic mass is 32.3. The Morgan fingerprint density at radius 1 is 0.861 bits per heavy atom. The lowest BCUT2D eigenvalue weighted by Crippen LogP contribution is -2.41. The number of hydrogen-bond acceptors (Lipinski definition) is 7. The van der Waals surface area contributed by atoms with Gasteiger partial charge in [0.05, 0.1) is 4.90 Å². The smallest absolute Gasteiger partial charge is 0.408 e. The number of amides is 1. The van der Waals surface area contributed by atoms with Gasteiger partial charge in [-0.15, -0.1) is 0 Å². The Hall–Kier alpha value is -3.34. The van der Waals surface area contributed by atoms with E-state index < -0.39 is 38.5 Å². The summed E-state index contributed by atoms with van der Waals surface area (Å²) >= 11 is 0. The van der Waals surface area contributed by atoms with Gasteiger partial charge in [0.15, 0.2) is 0 Å². The highest BCUT2D eigenvalue weighted by Gasteiger charge is 2.26. The maximum atomic E-state index is 12.7. The summed E-state index contributed by atoms with van der Waals surface area (Å²) in [5, 5.41) is 2.43. The molecule has 10 heteroatoms. The van der Waals surface area contributed by atoms with Gasteiger partial charge in [0, 0.05) is 4.90 Å². The topological polar surface area (TPSA) is 108 Å². The molecule has 1 amide bonds. The number of rotatable bonds is 9. The summed E-state index contributed by atoms with van der Waals surface area (Å²) in [6.45, 7) is 3.43. The molecule has 0 aliphatic carbocycles. The van der Waals surface area contributed by atoms with E-state index in [1.165, 1.54) is 19.1 Å². The summed E-state index contributed by atoms with van der Waals surface area (Å²) in [7, 11) is -6.14. The normalized spacial score (nSPS) is 12.9. The second kappa shape index (κ2) is 11.6. The fourth-order valence-corrected chi connectivity index (χ4v) is 6.73. The minimum absolute atomic E-state index is 0.0791. The summed E-state index contributed by atoms with van der Waals surface area (Å²) in [5.74, 6) is -0.434. The van der Waals surface area contributed by atoms with E-state index in [1.54, 1.807) is 48.9 Å². The Morgan fingerprint density at radius 2 is 1.44 bits per heavy atom. The Bertz CT molecular complexity index is 1290. The number of esters is 1. The lowest BCUT2D eigenvalue weighted by Gasteiger charge is -2.30. The molecule has 192 valence electrons. The average Bonchev–Trinajstić information content (AvgIpc) is 2.83. The van der Waals surface area contributed by atoms with Crippen LogP contribution in [0.1, 0.15) is 18.1 Å². The van der Waals surface area contributed by atoms with E-state index in [4.69, 9.17) is 13.1 Å². The quantitative estimate of drug-likeness (QED) is 0.307. The SMILES string of the molecule is Cc1ccc(S(=O)(=O)OS(C)(C)c2ccc(OC(=O)[C@H](C)NC(=O)OCc3ccccc3)cc2)cc1. The third-order valence-corrected chi connectivity index (χ3v) is 9.41. The van der Waals surface area contributed by atoms with Crippen LogP contribution >= 0.6 is 10.3 Å². The largest absolute Gasteiger partial charge is 0.445 e. The molecule has 36 heavy (non-hydrogen) atoms. The van der Waals surface area contributed by atoms with Crippen LogP contribution in [0.5, 0.6) is 5.75 Å². The van der Waals surface area contributed by atoms with E-state index >= 15 is 0 Å². The second-order valence-electron chi connectivity index (χ2n) is 8.39. The number of hydrogen-bond donors (Lipinski definition) is 1. The molecule has 1 N–H and O–H groups in total. The van der Waals surface area contributed by atoms with Crippen LogP contribution in [0.2, 0.25) is 0 Å². The zero-order chi connectivity index (χ0) is 26.3. The molecule has 1 atom stereocenters. The minimum Gasteiger partial charge on any atom is -0.445 e. The van der Waals surface area contributed by atoms with Gasteiger partial charge in [-0.2, -0.15) is 8.42 Å². The van der Waals surface area contributed by atoms with Crippen LogP contribution in [-0.4, -0.2) is 39.0 Å². The third-order valence-electron chi connectivity index (χ3n) is 5.08. The molecule has 0 saturated heterocycles. The van der Waals surface area contributed by atoms with Crippen molar-refractivity contribution >= 4 is 32.5 Å². The van der Waals surface area contributed by atoms with Crippen molar-refractivity contribution in [2.45, 2.75) is 36.3 Å². The molecule has 0 spiro atoms. The van der Waals surface area contributed by atoms with Crippen LogP contribution in [0.4, 0.5) is 4.79 Å². The van der Waals surface area contributed by atoms with E-state index in [9.17, 15) is 18.0 Å². The Balaban J connectivity index is 1.55. The van der Waals surface area contributed by atoms with Gasteiger partial charge < -0.3 is 14.8 Å². The number of carbonyl (C=O) groups excluding carboxylic acids is 2. The van der Waals surface area contributed by atoms with E-state index in [-0.39, 0.29) is 17.3 Å². The predicted molar refractivity (Wildman–Crippen MR) is 138 cm³/mol. The van der Waals surface area contributed by atoms with Crippen LogP contribution in [-0.2, 0) is 29.9 Å². The van der Waals surface area contributed by atoms with Crippen molar-refractivity contribution < 1.29 is 31.1 Å². The highest BCUT2D eigenvalue weighted by Crippen LogP contribution is 2.52. The Kier molecular flexibility index (Phi) is 8.78. The summed E-state index contributed by atoms with van der Waals surface area (Å²) in [6.07, 6.45) is 2.69. The van der Waals surface area contributed by atoms with Crippen molar-refractivity contribution in [3.05, 3.63) is 90.0 Å². The van der Waals surface area contributed by atoms with E-state index in [0.717, 1.165) is 11.1 Å². The average molecular weight is 532 g/mol. The molecule has 0 saturated carbocycles. The fraction of sp³-hybridized carbons (Fsp3) is 0.231. The van der Waals surface area contributed by atoms with Crippen LogP contribution in [0, 0.1) is 6.92 Å². The zero-order valence-electron chi connectivity index (χ0n) is 20.5. The highest BCUT2D eigenvalue weighted by molar-refractivity contribution is 8.32. The Morgan fingerprint density at radius 3 is 2.06 bits per heavy atom. The van der Waals surface area contributed by atoms with E-state index in [1.807, 2.05) is 37.3 Å². The maximum Gasteiger partial charge on any atom is 0.408 e. The van der Waals surface area contributed by atoms with E-state index in [0.29, 0.717) is 4.90 Å². The van der Waals surface area contributed by atoms with Crippen molar-refractivity contribution in [3.8, 4) is 5.75 Å². The first-order valence-electron chi connectivity index (χ1n) is 11.0. The molecular weight excluding hydrogens is 502 g/mol. The van der Waals surface area contributed by atoms with Crippen LogP contribution in [0.3, 0.4) is 0 Å². The standard InChI is InChI=1S/C26H29NO7S2/c1-19-10-14-24(15-11-19)36(30,31)34-35(3,4)23-16-12-22(13-17-23)33-25(28)20(2)27-26(29)32-18-21-8-6-5-7-9-21/h5-17,20H,18H2,1-4H3,(H,27,29)/t20-/m0/s1. The van der Waals surface area contributed by atoms with Gasteiger partial charge in [0.1, 0.15) is 18.4 Å². The van der Waals surface area contributed by atoms with Gasteiger partial charge in [-0.1, -0.05) is 58.3 Å². The lowest BCUT2D eigenvalue weighted by molar-refractivity contribution is -0.136. The molecule has 0 fully saturated rings. The van der Waals surface area contributed by atoms with Gasteiger partial charge in [0.25, 0.3) is 0 Å². The molecule has 3 rings (SSSR count). The summed E-state index contributed by atoms with van der Waals surface area (Å²) in [5.41, 5.74) is 1.77. The molecular formula is C26H29NO7S2. The van der Waals surface area contributed by atoms with Gasteiger partial charge in [-0.05, 0) is 68.3 Å². The number of ether oxygens (including phenoxy) is 2. The lowest BCUT2D eigenvalue weighted by atomic mass is 10.2. The van der Waals surface area contributed by atoms with Gasteiger partial charge >= 0.3 is 22.2 Å². The maximum absolute atomic E-state index is 12.7. The molecule has 0 aliphatic rings. The summed E-state index contributed by atoms with van der Waals surface area (Å²) in [6, 6.07) is 21.0. The molecule has 0 aliphatic heterocycles. The molecule has 0 bridgehead atoms. The van der Waals surface area contributed by atoms with Crippen molar-refractivity contribution in [2.24, 2.45) is 0 Å². The number of carbonyl (C=O) groups is 2. The number of nitrogens with one attached hydrogen (secondary N) is 1. The van der Waals surface area contributed by atoms with Crippen LogP contribution < -0.4 is 10.1 Å². The Labute approximate surface area is 213 Å². The van der Waals surface area contributed by atoms with Gasteiger partial charge in [-0.25, -0.2) is 13.2 Å².